The van der Waals surface area contributed by atoms with E-state index in [0.29, 0.717) is 0 Å². The van der Waals surface area contributed by atoms with Gasteiger partial charge in [-0.1, -0.05) is 115 Å². The number of ether oxygens (including phenoxy) is 3. The van der Waals surface area contributed by atoms with Crippen LogP contribution in [0.4, 0.5) is 0 Å². The fourth-order valence-corrected chi connectivity index (χ4v) is 8.91. The predicted molar refractivity (Wildman–Crippen MR) is 216 cm³/mol. The van der Waals surface area contributed by atoms with Gasteiger partial charge in [0.05, 0.1) is 13.2 Å². The van der Waals surface area contributed by atoms with Crippen LogP contribution in [0, 0.1) is 5.41 Å². The fourth-order valence-electron chi connectivity index (χ4n) is 8.91. The van der Waals surface area contributed by atoms with Gasteiger partial charge >= 0.3 is 5.97 Å². The lowest BCUT2D eigenvalue weighted by Crippen LogP contribution is -2.70. The van der Waals surface area contributed by atoms with E-state index in [1.54, 1.807) is 27.2 Å². The molecule has 3 amide bonds. The maximum absolute atomic E-state index is 15.6. The Labute approximate surface area is 343 Å². The van der Waals surface area contributed by atoms with Crippen molar-refractivity contribution in [2.75, 3.05) is 34.3 Å². The number of likely N-dealkylation sites (N-methyl/N-ethyl adjacent to an activating group) is 2. The highest BCUT2D eigenvalue weighted by molar-refractivity contribution is 5.96. The summed E-state index contributed by atoms with van der Waals surface area (Å²) in [4.78, 5) is 65.9. The van der Waals surface area contributed by atoms with Gasteiger partial charge in [-0.15, -0.1) is 0 Å². The Kier molecular flexibility index (Phi) is 11.2. The highest BCUT2D eigenvalue weighted by Crippen LogP contribution is 2.59. The minimum absolute atomic E-state index is 0.00433. The zero-order valence-corrected chi connectivity index (χ0v) is 33.2. The van der Waals surface area contributed by atoms with Crippen LogP contribution in [0.3, 0.4) is 0 Å². The molecule has 4 aromatic rings. The minimum atomic E-state index is -1.57. The summed E-state index contributed by atoms with van der Waals surface area (Å²) in [5, 5.41) is 13.8. The van der Waals surface area contributed by atoms with E-state index < -0.39 is 65.5 Å². The Morgan fingerprint density at radius 1 is 0.847 bits per heavy atom. The lowest BCUT2D eigenvalue weighted by Gasteiger charge is -2.50. The van der Waals surface area contributed by atoms with Gasteiger partial charge in [-0.2, -0.15) is 5.06 Å². The molecule has 0 aromatic heterocycles. The third kappa shape index (κ3) is 7.34. The molecule has 0 spiro atoms. The molecule has 3 aliphatic heterocycles. The number of hydrogen-bond donors (Lipinski definition) is 2. The fraction of sp³-hybridized carbons (Fsp3) is 0.348. The summed E-state index contributed by atoms with van der Waals surface area (Å²) in [7, 11) is 4.94. The molecule has 4 fully saturated rings. The Bertz CT molecular complexity index is 2150. The number of aliphatic hydroxyl groups excluding tert-OH is 1. The number of rotatable bonds is 13. The number of carbonyl (C=O) groups excluding carboxylic acids is 4. The standard InChI is InChI=1S/C46H48N4O9/c1-48(2)37(52)24-23-30-19-21-32(22-20-30)29-50-40-43(54)56-36-28-45(40,44(55)49(3)35(42(53)47-25-26-51)27-31-13-7-4-8-14-31)41(59-50)39-38(36)57-46(58-39,33-15-9-5-10-16-33)34-17-11-6-12-18-34/h4-24,35-36,38-41,51H,25-29H2,1-3H3,(H,47,53)/t35-,36+,38+,39+,40+,41-,45+/m1/s1. The van der Waals surface area contributed by atoms with Crippen LogP contribution in [-0.2, 0) is 57.0 Å². The summed E-state index contributed by atoms with van der Waals surface area (Å²) in [6.07, 6.45) is -0.195. The van der Waals surface area contributed by atoms with E-state index in [0.717, 1.165) is 27.8 Å². The van der Waals surface area contributed by atoms with Crippen LogP contribution in [0.25, 0.3) is 6.08 Å². The van der Waals surface area contributed by atoms with E-state index >= 15 is 4.79 Å². The van der Waals surface area contributed by atoms with Gasteiger partial charge in [0.2, 0.25) is 23.5 Å². The van der Waals surface area contributed by atoms with Crippen molar-refractivity contribution in [3.8, 4) is 0 Å². The molecule has 3 heterocycles. The average molecular weight is 801 g/mol. The van der Waals surface area contributed by atoms with Crippen molar-refractivity contribution in [1.29, 1.82) is 0 Å². The van der Waals surface area contributed by atoms with Crippen LogP contribution in [-0.4, -0.2) is 114 Å². The predicted octanol–water partition coefficient (Wildman–Crippen LogP) is 3.45. The number of esters is 1. The molecule has 4 aromatic carbocycles. The zero-order valence-electron chi connectivity index (χ0n) is 33.2. The monoisotopic (exact) mass is 800 g/mol. The molecule has 1 aliphatic carbocycles. The van der Waals surface area contributed by atoms with Gasteiger partial charge in [-0.05, 0) is 22.8 Å². The summed E-state index contributed by atoms with van der Waals surface area (Å²) in [6, 6.07) is 33.7. The Morgan fingerprint density at radius 3 is 2.07 bits per heavy atom. The van der Waals surface area contributed by atoms with Crippen LogP contribution in [0.2, 0.25) is 0 Å². The lowest BCUT2D eigenvalue weighted by molar-refractivity contribution is -0.214. The van der Waals surface area contributed by atoms with Gasteiger partial charge in [0, 0.05) is 57.7 Å². The Hall–Kier alpha value is -5.70. The van der Waals surface area contributed by atoms with Crippen molar-refractivity contribution >= 4 is 29.8 Å². The van der Waals surface area contributed by atoms with Gasteiger partial charge in [-0.25, -0.2) is 0 Å². The molecular weight excluding hydrogens is 753 g/mol. The SMILES string of the molecule is CN(C)C(=O)C=Cc1ccc(CN2O[C@@H]3[C@H]4OC(c5ccccc5)(c5ccccc5)O[C@H]4[C@@H]4C[C@]3(C(=O)N(C)[C@H](Cc3ccccc3)C(=O)NCCO)[C@@H]2C(=O)O4)cc1. The number of carbonyl (C=O) groups is 4. The van der Waals surface area contributed by atoms with E-state index in [1.807, 2.05) is 115 Å². The number of nitrogens with zero attached hydrogens (tertiary/aromatic N) is 3. The summed E-state index contributed by atoms with van der Waals surface area (Å²) in [6.45, 7) is -0.168. The van der Waals surface area contributed by atoms with Crippen molar-refractivity contribution in [2.45, 2.75) is 61.7 Å². The molecule has 4 aliphatic rings. The molecule has 0 unspecified atom stereocenters. The molecule has 2 N–H and O–H groups in total. The van der Waals surface area contributed by atoms with Crippen LogP contribution in [0.1, 0.15) is 34.2 Å². The second-order valence-electron chi connectivity index (χ2n) is 15.7. The number of nitrogens with one attached hydrogen (secondary N) is 1. The lowest BCUT2D eigenvalue weighted by atomic mass is 9.62. The second-order valence-corrected chi connectivity index (χ2v) is 15.7. The number of benzene rings is 4. The van der Waals surface area contributed by atoms with E-state index in [-0.39, 0.29) is 38.4 Å². The maximum Gasteiger partial charge on any atom is 0.327 e. The molecule has 306 valence electrons. The first-order valence-corrected chi connectivity index (χ1v) is 19.8. The highest BCUT2D eigenvalue weighted by Gasteiger charge is 2.77. The van der Waals surface area contributed by atoms with Crippen LogP contribution in [0.15, 0.2) is 121 Å². The van der Waals surface area contributed by atoms with Crippen molar-refractivity contribution < 1.29 is 43.3 Å². The molecule has 1 saturated carbocycles. The molecule has 3 saturated heterocycles. The van der Waals surface area contributed by atoms with E-state index in [9.17, 15) is 19.5 Å². The molecule has 2 bridgehead atoms. The summed E-state index contributed by atoms with van der Waals surface area (Å²) < 4.78 is 20.4. The van der Waals surface area contributed by atoms with Gasteiger partial charge in [-0.3, -0.25) is 24.0 Å². The van der Waals surface area contributed by atoms with Crippen molar-refractivity contribution in [3.63, 3.8) is 0 Å². The third-order valence-electron chi connectivity index (χ3n) is 11.8. The summed E-state index contributed by atoms with van der Waals surface area (Å²) in [5.74, 6) is -3.13. The number of hydrogen-bond acceptors (Lipinski definition) is 10. The Balaban J connectivity index is 1.20. The number of fused-ring (bicyclic) bond motifs is 4. The van der Waals surface area contributed by atoms with Crippen molar-refractivity contribution in [1.82, 2.24) is 20.2 Å². The molecule has 8 rings (SSSR count). The molecule has 59 heavy (non-hydrogen) atoms. The van der Waals surface area contributed by atoms with Gasteiger partial charge in [0.1, 0.15) is 35.9 Å². The second kappa shape index (κ2) is 16.5. The van der Waals surface area contributed by atoms with Gasteiger partial charge in [0.25, 0.3) is 0 Å². The van der Waals surface area contributed by atoms with Gasteiger partial charge < -0.3 is 34.4 Å². The Morgan fingerprint density at radius 2 is 1.46 bits per heavy atom. The average Bonchev–Trinajstić information content (AvgIpc) is 3.84. The third-order valence-corrected chi connectivity index (χ3v) is 11.8. The maximum atomic E-state index is 15.6. The molecule has 13 heteroatoms. The van der Waals surface area contributed by atoms with E-state index in [2.05, 4.69) is 5.32 Å². The molecular formula is C46H48N4O9. The first kappa shape index (κ1) is 40.1. The first-order valence-electron chi connectivity index (χ1n) is 19.8. The van der Waals surface area contributed by atoms with Crippen LogP contribution < -0.4 is 5.32 Å². The number of hydroxylamine groups is 2. The van der Waals surface area contributed by atoms with Gasteiger partial charge in [0.15, 0.2) is 6.04 Å². The molecule has 0 radical (unpaired) electrons. The summed E-state index contributed by atoms with van der Waals surface area (Å²) in [5.41, 5.74) is 2.27. The quantitative estimate of drug-likeness (QED) is 0.152. The number of aliphatic hydroxyl groups is 1. The number of amides is 3. The summed E-state index contributed by atoms with van der Waals surface area (Å²) >= 11 is 0. The highest BCUT2D eigenvalue weighted by atomic mass is 16.8. The topological polar surface area (TPSA) is 147 Å². The molecule has 7 atom stereocenters. The van der Waals surface area contributed by atoms with Crippen molar-refractivity contribution in [2.24, 2.45) is 5.41 Å². The van der Waals surface area contributed by atoms with E-state index in [1.165, 1.54) is 20.9 Å². The zero-order chi connectivity index (χ0) is 41.3. The van der Waals surface area contributed by atoms with E-state index in [4.69, 9.17) is 19.0 Å². The largest absolute Gasteiger partial charge is 0.458 e. The first-order chi connectivity index (χ1) is 28.6. The van der Waals surface area contributed by atoms with Crippen LogP contribution >= 0.6 is 0 Å². The smallest absolute Gasteiger partial charge is 0.327 e. The normalized spacial score (nSPS) is 25.8. The van der Waals surface area contributed by atoms with Crippen LogP contribution in [0.5, 0.6) is 0 Å². The van der Waals surface area contributed by atoms with Crippen molar-refractivity contribution in [3.05, 3.63) is 149 Å². The minimum Gasteiger partial charge on any atom is -0.458 e. The molecule has 13 nitrogen and oxygen atoms in total.